The number of nitro groups is 1. The number of carbonyl (C=O) groups excluding carboxylic acids is 1. The third-order valence-corrected chi connectivity index (χ3v) is 5.78. The molecule has 1 aromatic heterocycles. The van der Waals surface area contributed by atoms with Gasteiger partial charge in [-0.15, -0.1) is 0 Å². The number of nitro benzene ring substituents is 1. The Bertz CT molecular complexity index is 823. The SMILES string of the molecule is CN(C(=O)Cn1ccc2cc([N+](=O)[O-])ccc21)C1CN2CCC1CC2. The minimum atomic E-state index is -0.400. The van der Waals surface area contributed by atoms with Gasteiger partial charge in [-0.1, -0.05) is 0 Å². The summed E-state index contributed by atoms with van der Waals surface area (Å²) in [6.07, 6.45) is 4.19. The van der Waals surface area contributed by atoms with Gasteiger partial charge in [0.2, 0.25) is 5.91 Å². The summed E-state index contributed by atoms with van der Waals surface area (Å²) >= 11 is 0. The molecule has 1 unspecified atom stereocenters. The van der Waals surface area contributed by atoms with E-state index in [2.05, 4.69) is 4.90 Å². The van der Waals surface area contributed by atoms with Gasteiger partial charge in [-0.2, -0.15) is 0 Å². The molecule has 4 heterocycles. The normalized spacial score (nSPS) is 25.2. The fraction of sp³-hybridized carbons (Fsp3) is 0.500. The Morgan fingerprint density at radius 2 is 2.08 bits per heavy atom. The molecule has 3 aliphatic heterocycles. The Morgan fingerprint density at radius 1 is 1.32 bits per heavy atom. The van der Waals surface area contributed by atoms with Crippen LogP contribution in [-0.2, 0) is 11.3 Å². The summed E-state index contributed by atoms with van der Waals surface area (Å²) in [6.45, 7) is 3.56. The first-order chi connectivity index (χ1) is 12.0. The lowest BCUT2D eigenvalue weighted by atomic mass is 9.83. The van der Waals surface area contributed by atoms with Gasteiger partial charge in [0, 0.05) is 48.9 Å². The second-order valence-electron chi connectivity index (χ2n) is 7.15. The number of non-ortho nitro benzene ring substituents is 1. The number of nitrogens with zero attached hydrogens (tertiary/aromatic N) is 4. The van der Waals surface area contributed by atoms with Crippen LogP contribution in [-0.4, -0.2) is 57.9 Å². The molecule has 7 nitrogen and oxygen atoms in total. The molecule has 132 valence electrons. The Kier molecular flexibility index (Phi) is 3.95. The maximum absolute atomic E-state index is 12.8. The molecule has 3 aliphatic rings. The molecule has 1 amide bonds. The number of benzene rings is 1. The summed E-state index contributed by atoms with van der Waals surface area (Å²) < 4.78 is 1.87. The lowest BCUT2D eigenvalue weighted by Crippen LogP contribution is -2.58. The van der Waals surface area contributed by atoms with E-state index in [1.165, 1.54) is 18.9 Å². The van der Waals surface area contributed by atoms with Crippen LogP contribution in [0.5, 0.6) is 0 Å². The van der Waals surface area contributed by atoms with E-state index in [0.717, 1.165) is 30.5 Å². The summed E-state index contributed by atoms with van der Waals surface area (Å²) in [5.41, 5.74) is 0.919. The lowest BCUT2D eigenvalue weighted by Gasteiger charge is -2.48. The van der Waals surface area contributed by atoms with E-state index in [0.29, 0.717) is 12.0 Å². The first-order valence-electron chi connectivity index (χ1n) is 8.74. The van der Waals surface area contributed by atoms with Crippen molar-refractivity contribution >= 4 is 22.5 Å². The van der Waals surface area contributed by atoms with Crippen LogP contribution in [0.1, 0.15) is 12.8 Å². The zero-order valence-electron chi connectivity index (χ0n) is 14.3. The molecule has 25 heavy (non-hydrogen) atoms. The molecule has 5 rings (SSSR count). The fourth-order valence-corrected chi connectivity index (χ4v) is 4.25. The Hall–Kier alpha value is -2.41. The number of likely N-dealkylation sites (N-methyl/N-ethyl adjacent to an activating group) is 1. The summed E-state index contributed by atoms with van der Waals surface area (Å²) in [4.78, 5) is 27.6. The van der Waals surface area contributed by atoms with Crippen LogP contribution in [0.4, 0.5) is 5.69 Å². The summed E-state index contributed by atoms with van der Waals surface area (Å²) in [6, 6.07) is 6.88. The highest BCUT2D eigenvalue weighted by molar-refractivity contribution is 5.85. The predicted octanol–water partition coefficient (Wildman–Crippen LogP) is 2.10. The monoisotopic (exact) mass is 342 g/mol. The van der Waals surface area contributed by atoms with Crippen molar-refractivity contribution in [2.45, 2.75) is 25.4 Å². The van der Waals surface area contributed by atoms with Gasteiger partial charge in [0.05, 0.1) is 4.92 Å². The molecule has 1 aromatic carbocycles. The molecule has 0 N–H and O–H groups in total. The van der Waals surface area contributed by atoms with E-state index in [4.69, 9.17) is 0 Å². The van der Waals surface area contributed by atoms with Crippen LogP contribution in [0.25, 0.3) is 10.9 Å². The molecule has 3 fully saturated rings. The maximum atomic E-state index is 12.8. The minimum absolute atomic E-state index is 0.0703. The highest BCUT2D eigenvalue weighted by Crippen LogP contribution is 2.30. The lowest BCUT2D eigenvalue weighted by molar-refractivity contribution is -0.384. The molecule has 1 atom stereocenters. The van der Waals surface area contributed by atoms with Crippen molar-refractivity contribution in [1.82, 2.24) is 14.4 Å². The summed E-state index contributed by atoms with van der Waals surface area (Å²) in [7, 11) is 1.91. The summed E-state index contributed by atoms with van der Waals surface area (Å²) in [5.74, 6) is 0.706. The third-order valence-electron chi connectivity index (χ3n) is 5.78. The number of hydrogen-bond acceptors (Lipinski definition) is 4. The Balaban J connectivity index is 1.50. The average Bonchev–Trinajstić information content (AvgIpc) is 3.04. The van der Waals surface area contributed by atoms with Gasteiger partial charge in [0.1, 0.15) is 6.54 Å². The molecule has 3 saturated heterocycles. The number of aromatic nitrogens is 1. The maximum Gasteiger partial charge on any atom is 0.270 e. The standard InChI is InChI=1S/C18H22N4O3/c1-19(17-11-20-7-4-13(17)5-8-20)18(23)12-21-9-6-14-10-15(22(24)25)2-3-16(14)21/h2-3,6,9-10,13,17H,4-5,7-8,11-12H2,1H3. The van der Waals surface area contributed by atoms with Crippen molar-refractivity contribution in [2.24, 2.45) is 5.92 Å². The number of hydrogen-bond donors (Lipinski definition) is 0. The first kappa shape index (κ1) is 16.1. The van der Waals surface area contributed by atoms with Crippen molar-refractivity contribution in [1.29, 1.82) is 0 Å². The van der Waals surface area contributed by atoms with Gasteiger partial charge in [0.25, 0.3) is 5.69 Å². The zero-order chi connectivity index (χ0) is 17.6. The van der Waals surface area contributed by atoms with Crippen LogP contribution < -0.4 is 0 Å². The van der Waals surface area contributed by atoms with Gasteiger partial charge in [-0.3, -0.25) is 14.9 Å². The molecular formula is C18H22N4O3. The molecule has 2 bridgehead atoms. The van der Waals surface area contributed by atoms with E-state index in [1.54, 1.807) is 12.1 Å². The molecule has 2 aromatic rings. The topological polar surface area (TPSA) is 71.6 Å². The van der Waals surface area contributed by atoms with E-state index in [1.807, 2.05) is 28.8 Å². The molecule has 0 saturated carbocycles. The van der Waals surface area contributed by atoms with Crippen molar-refractivity contribution in [3.63, 3.8) is 0 Å². The van der Waals surface area contributed by atoms with Crippen LogP contribution in [0, 0.1) is 16.0 Å². The predicted molar refractivity (Wildman–Crippen MR) is 94.3 cm³/mol. The van der Waals surface area contributed by atoms with Crippen LogP contribution in [0.3, 0.4) is 0 Å². The number of rotatable bonds is 4. The van der Waals surface area contributed by atoms with E-state index in [-0.39, 0.29) is 18.1 Å². The van der Waals surface area contributed by atoms with Crippen molar-refractivity contribution < 1.29 is 9.72 Å². The van der Waals surface area contributed by atoms with Gasteiger partial charge >= 0.3 is 0 Å². The van der Waals surface area contributed by atoms with Crippen molar-refractivity contribution in [2.75, 3.05) is 26.7 Å². The third kappa shape index (κ3) is 2.89. The van der Waals surface area contributed by atoms with Gasteiger partial charge in [0.15, 0.2) is 0 Å². The van der Waals surface area contributed by atoms with E-state index >= 15 is 0 Å². The summed E-state index contributed by atoms with van der Waals surface area (Å²) in [5, 5.41) is 11.7. The van der Waals surface area contributed by atoms with E-state index < -0.39 is 4.92 Å². The highest BCUT2D eigenvalue weighted by atomic mass is 16.6. The molecular weight excluding hydrogens is 320 g/mol. The van der Waals surface area contributed by atoms with Crippen LogP contribution in [0.2, 0.25) is 0 Å². The van der Waals surface area contributed by atoms with Gasteiger partial charge < -0.3 is 14.4 Å². The second-order valence-corrected chi connectivity index (χ2v) is 7.15. The molecule has 0 aliphatic carbocycles. The second kappa shape index (κ2) is 6.15. The first-order valence-corrected chi connectivity index (χ1v) is 8.74. The number of fused-ring (bicyclic) bond motifs is 4. The molecule has 0 spiro atoms. The Morgan fingerprint density at radius 3 is 2.72 bits per heavy atom. The average molecular weight is 342 g/mol. The molecule has 7 heteroatoms. The Labute approximate surface area is 146 Å². The minimum Gasteiger partial charge on any atom is -0.340 e. The largest absolute Gasteiger partial charge is 0.340 e. The van der Waals surface area contributed by atoms with Crippen molar-refractivity contribution in [3.8, 4) is 0 Å². The van der Waals surface area contributed by atoms with Crippen molar-refractivity contribution in [3.05, 3.63) is 40.6 Å². The molecule has 0 radical (unpaired) electrons. The highest BCUT2D eigenvalue weighted by Gasteiger charge is 2.37. The van der Waals surface area contributed by atoms with Gasteiger partial charge in [-0.25, -0.2) is 0 Å². The smallest absolute Gasteiger partial charge is 0.270 e. The van der Waals surface area contributed by atoms with Crippen LogP contribution in [0.15, 0.2) is 30.5 Å². The van der Waals surface area contributed by atoms with Crippen LogP contribution >= 0.6 is 0 Å². The zero-order valence-corrected chi connectivity index (χ0v) is 14.3. The fourth-order valence-electron chi connectivity index (χ4n) is 4.25. The van der Waals surface area contributed by atoms with E-state index in [9.17, 15) is 14.9 Å². The van der Waals surface area contributed by atoms with Gasteiger partial charge in [-0.05, 0) is 44.0 Å². The number of amides is 1. The number of piperidine rings is 3. The quantitative estimate of drug-likeness (QED) is 0.630. The number of carbonyl (C=O) groups is 1.